The molecule has 0 saturated carbocycles. The molecule has 28 heavy (non-hydrogen) atoms. The van der Waals surface area contributed by atoms with Crippen molar-refractivity contribution in [3.8, 4) is 0 Å². The maximum absolute atomic E-state index is 4.92. The minimum absolute atomic E-state index is 0.569. The number of guanidine groups is 1. The van der Waals surface area contributed by atoms with E-state index < -0.39 is 0 Å². The Bertz CT molecular complexity index is 604. The van der Waals surface area contributed by atoms with Crippen LogP contribution in [0, 0.1) is 0 Å². The first-order valence-corrected chi connectivity index (χ1v) is 11.2. The summed E-state index contributed by atoms with van der Waals surface area (Å²) in [6.45, 7) is 15.7. The van der Waals surface area contributed by atoms with Crippen molar-refractivity contribution in [2.45, 2.75) is 39.0 Å². The zero-order valence-electron chi connectivity index (χ0n) is 18.1. The monoisotopic (exact) mass is 389 g/mol. The average Bonchev–Trinajstić information content (AvgIpc) is 3.36. The van der Waals surface area contributed by atoms with E-state index in [1.54, 1.807) is 0 Å². The van der Waals surface area contributed by atoms with Crippen molar-refractivity contribution in [3.63, 3.8) is 0 Å². The molecule has 1 atom stereocenters. The van der Waals surface area contributed by atoms with Crippen molar-refractivity contribution < 1.29 is 0 Å². The fraction of sp³-hybridized carbons (Fsp3) is 0.810. The molecular formula is C21H39N7. The van der Waals surface area contributed by atoms with Crippen LogP contribution in [-0.4, -0.2) is 95.9 Å². The predicted molar refractivity (Wildman–Crippen MR) is 116 cm³/mol. The van der Waals surface area contributed by atoms with Crippen LogP contribution in [0.15, 0.2) is 17.4 Å². The lowest BCUT2D eigenvalue weighted by Crippen LogP contribution is -2.46. The van der Waals surface area contributed by atoms with Crippen molar-refractivity contribution in [2.24, 2.45) is 12.0 Å². The summed E-state index contributed by atoms with van der Waals surface area (Å²) in [6.07, 6.45) is 7.76. The molecule has 0 radical (unpaired) electrons. The molecule has 0 aliphatic carbocycles. The van der Waals surface area contributed by atoms with E-state index in [2.05, 4.69) is 45.2 Å². The van der Waals surface area contributed by atoms with Gasteiger partial charge in [-0.15, -0.1) is 0 Å². The number of aryl methyl sites for hydroxylation is 1. The van der Waals surface area contributed by atoms with Gasteiger partial charge >= 0.3 is 0 Å². The molecule has 2 fully saturated rings. The fourth-order valence-electron chi connectivity index (χ4n) is 4.26. The lowest BCUT2D eigenvalue weighted by atomic mass is 10.0. The van der Waals surface area contributed by atoms with Gasteiger partial charge in [-0.05, 0) is 44.8 Å². The number of hydrogen-bond donors (Lipinski definition) is 1. The topological polar surface area (TPSA) is 51.9 Å². The molecule has 2 aliphatic heterocycles. The van der Waals surface area contributed by atoms with Gasteiger partial charge < -0.3 is 20.0 Å². The summed E-state index contributed by atoms with van der Waals surface area (Å²) in [5, 5.41) is 7.82. The van der Waals surface area contributed by atoms with Crippen molar-refractivity contribution >= 4 is 5.96 Å². The number of aromatic nitrogens is 2. The van der Waals surface area contributed by atoms with Gasteiger partial charge in [-0.25, -0.2) is 0 Å². The van der Waals surface area contributed by atoms with Gasteiger partial charge in [-0.3, -0.25) is 9.67 Å². The highest BCUT2D eigenvalue weighted by Gasteiger charge is 2.26. The van der Waals surface area contributed by atoms with Gasteiger partial charge in [-0.2, -0.15) is 5.10 Å². The van der Waals surface area contributed by atoms with Crippen LogP contribution in [0.3, 0.4) is 0 Å². The maximum Gasteiger partial charge on any atom is 0.193 e. The van der Waals surface area contributed by atoms with Gasteiger partial charge in [0, 0.05) is 71.5 Å². The minimum Gasteiger partial charge on any atom is -0.357 e. The van der Waals surface area contributed by atoms with E-state index >= 15 is 0 Å². The standard InChI is InChI=1S/C21H39N7/c1-4-22-21(28-11-8-19(18-28)20-16-24-25(3)17-20)23-9-6-7-10-27-14-12-26(5-2)13-15-27/h16-17,19H,4-15,18H2,1-3H3,(H,22,23). The van der Waals surface area contributed by atoms with Crippen LogP contribution >= 0.6 is 0 Å². The smallest absolute Gasteiger partial charge is 0.193 e. The molecule has 3 rings (SSSR count). The predicted octanol–water partition coefficient (Wildman–Crippen LogP) is 1.59. The number of nitrogens with zero attached hydrogens (tertiary/aromatic N) is 6. The summed E-state index contributed by atoms with van der Waals surface area (Å²) in [5.41, 5.74) is 1.35. The van der Waals surface area contributed by atoms with Gasteiger partial charge in [-0.1, -0.05) is 6.92 Å². The zero-order valence-corrected chi connectivity index (χ0v) is 18.1. The zero-order chi connectivity index (χ0) is 19.8. The number of likely N-dealkylation sites (N-methyl/N-ethyl adjacent to an activating group) is 1. The summed E-state index contributed by atoms with van der Waals surface area (Å²) >= 11 is 0. The van der Waals surface area contributed by atoms with Crippen molar-refractivity contribution in [1.29, 1.82) is 0 Å². The van der Waals surface area contributed by atoms with Crippen molar-refractivity contribution in [3.05, 3.63) is 18.0 Å². The number of aliphatic imine (C=N–C) groups is 1. The summed E-state index contributed by atoms with van der Waals surface area (Å²) in [6, 6.07) is 0. The van der Waals surface area contributed by atoms with Crippen molar-refractivity contribution in [2.75, 3.05) is 65.4 Å². The second kappa shape index (κ2) is 10.8. The number of hydrogen-bond acceptors (Lipinski definition) is 4. The normalized spacial score (nSPS) is 22.2. The number of nitrogens with one attached hydrogen (secondary N) is 1. The second-order valence-corrected chi connectivity index (χ2v) is 8.10. The Morgan fingerprint density at radius 3 is 2.61 bits per heavy atom. The minimum atomic E-state index is 0.569. The van der Waals surface area contributed by atoms with Gasteiger partial charge in [0.2, 0.25) is 0 Å². The van der Waals surface area contributed by atoms with Crippen LogP contribution < -0.4 is 5.32 Å². The summed E-state index contributed by atoms with van der Waals surface area (Å²) < 4.78 is 1.90. The molecule has 1 N–H and O–H groups in total. The first kappa shape index (κ1) is 21.1. The molecule has 3 heterocycles. The highest BCUT2D eigenvalue weighted by atomic mass is 15.3. The summed E-state index contributed by atoms with van der Waals surface area (Å²) in [7, 11) is 1.99. The average molecular weight is 390 g/mol. The SMILES string of the molecule is CCNC(=NCCCCN1CCN(CC)CC1)N1CCC(c2cnn(C)c2)C1. The lowest BCUT2D eigenvalue weighted by molar-refractivity contribution is 0.136. The molecule has 0 amide bonds. The molecule has 0 bridgehead atoms. The third-order valence-corrected chi connectivity index (χ3v) is 6.08. The molecular weight excluding hydrogens is 350 g/mol. The quantitative estimate of drug-likeness (QED) is 0.416. The number of likely N-dealkylation sites (tertiary alicyclic amines) is 1. The molecule has 0 spiro atoms. The molecule has 7 heteroatoms. The van der Waals surface area contributed by atoms with Crippen LogP contribution in [0.5, 0.6) is 0 Å². The summed E-state index contributed by atoms with van der Waals surface area (Å²) in [4.78, 5) is 12.5. The molecule has 1 aromatic rings. The molecule has 2 saturated heterocycles. The Morgan fingerprint density at radius 1 is 1.14 bits per heavy atom. The van der Waals surface area contributed by atoms with Gasteiger partial charge in [0.05, 0.1) is 6.20 Å². The van der Waals surface area contributed by atoms with E-state index in [1.807, 2.05) is 17.9 Å². The third kappa shape index (κ3) is 5.95. The molecule has 0 aromatic carbocycles. The van der Waals surface area contributed by atoms with Crippen LogP contribution in [0.25, 0.3) is 0 Å². The Labute approximate surface area is 170 Å². The first-order valence-electron chi connectivity index (χ1n) is 11.2. The Morgan fingerprint density at radius 2 is 1.93 bits per heavy atom. The summed E-state index contributed by atoms with van der Waals surface area (Å²) in [5.74, 6) is 1.66. The molecule has 158 valence electrons. The van der Waals surface area contributed by atoms with Crippen molar-refractivity contribution in [1.82, 2.24) is 29.8 Å². The fourth-order valence-corrected chi connectivity index (χ4v) is 4.26. The highest BCUT2D eigenvalue weighted by Crippen LogP contribution is 2.26. The molecule has 1 aromatic heterocycles. The Balaban J connectivity index is 1.39. The van der Waals surface area contributed by atoms with Gasteiger partial charge in [0.1, 0.15) is 0 Å². The second-order valence-electron chi connectivity index (χ2n) is 8.10. The third-order valence-electron chi connectivity index (χ3n) is 6.08. The van der Waals surface area contributed by atoms with E-state index in [4.69, 9.17) is 4.99 Å². The first-order chi connectivity index (χ1) is 13.7. The van der Waals surface area contributed by atoms with Crippen LogP contribution in [0.2, 0.25) is 0 Å². The molecule has 7 nitrogen and oxygen atoms in total. The van der Waals surface area contributed by atoms with E-state index in [0.717, 1.165) is 32.1 Å². The van der Waals surface area contributed by atoms with Crippen LogP contribution in [0.1, 0.15) is 44.6 Å². The van der Waals surface area contributed by atoms with Gasteiger partial charge in [0.25, 0.3) is 0 Å². The van der Waals surface area contributed by atoms with E-state index in [-0.39, 0.29) is 0 Å². The molecule has 2 aliphatic rings. The largest absolute Gasteiger partial charge is 0.357 e. The van der Waals surface area contributed by atoms with Crippen LogP contribution in [-0.2, 0) is 7.05 Å². The maximum atomic E-state index is 4.92. The number of piperazine rings is 1. The van der Waals surface area contributed by atoms with E-state index in [9.17, 15) is 0 Å². The van der Waals surface area contributed by atoms with Gasteiger partial charge in [0.15, 0.2) is 5.96 Å². The Kier molecular flexibility index (Phi) is 8.15. The lowest BCUT2D eigenvalue weighted by Gasteiger charge is -2.33. The number of rotatable bonds is 8. The van der Waals surface area contributed by atoms with E-state index in [0.29, 0.717) is 5.92 Å². The Hall–Kier alpha value is -1.60. The van der Waals surface area contributed by atoms with Crippen LogP contribution in [0.4, 0.5) is 0 Å². The molecule has 1 unspecified atom stereocenters. The number of unbranched alkanes of at least 4 members (excludes halogenated alkanes) is 1. The van der Waals surface area contributed by atoms with E-state index in [1.165, 1.54) is 64.1 Å². The highest BCUT2D eigenvalue weighted by molar-refractivity contribution is 5.80.